The van der Waals surface area contributed by atoms with Crippen LogP contribution >= 0.6 is 0 Å². The number of methoxy groups -OCH3 is 2. The summed E-state index contributed by atoms with van der Waals surface area (Å²) >= 11 is 0. The fourth-order valence-electron chi connectivity index (χ4n) is 1.13. The van der Waals surface area contributed by atoms with E-state index in [0.717, 1.165) is 6.26 Å². The van der Waals surface area contributed by atoms with E-state index in [1.807, 2.05) is 0 Å². The molecule has 0 saturated heterocycles. The Kier molecular flexibility index (Phi) is 4.39. The Balaban J connectivity index is 3.03. The fourth-order valence-corrected chi connectivity index (χ4v) is 1.13. The van der Waals surface area contributed by atoms with E-state index in [2.05, 4.69) is 0 Å². The zero-order valence-corrected chi connectivity index (χ0v) is 9.89. The highest BCUT2D eigenvalue weighted by Crippen LogP contribution is 2.36. The molecule has 1 aromatic rings. The quantitative estimate of drug-likeness (QED) is 0.628. The van der Waals surface area contributed by atoms with Gasteiger partial charge in [-0.3, -0.25) is 0 Å². The molecule has 0 amide bonds. The third-order valence-corrected chi connectivity index (χ3v) is 2.07. The Morgan fingerprint density at radius 2 is 1.76 bits per heavy atom. The van der Waals surface area contributed by atoms with Crippen molar-refractivity contribution >= 4 is 5.97 Å². The molecule has 17 heavy (non-hydrogen) atoms. The van der Waals surface area contributed by atoms with Crippen LogP contribution in [-0.2, 0) is 4.79 Å². The summed E-state index contributed by atoms with van der Waals surface area (Å²) in [6, 6.07) is 5.14. The molecular weight excluding hydrogens is 224 g/mol. The molecule has 0 radical (unpaired) electrons. The van der Waals surface area contributed by atoms with Crippen molar-refractivity contribution in [3.05, 3.63) is 30.0 Å². The van der Waals surface area contributed by atoms with Gasteiger partial charge in [-0.05, 0) is 19.1 Å². The van der Waals surface area contributed by atoms with E-state index in [4.69, 9.17) is 19.3 Å². The molecule has 1 rings (SSSR count). The second kappa shape index (κ2) is 5.79. The molecule has 5 heteroatoms. The number of aliphatic carboxylic acids is 1. The van der Waals surface area contributed by atoms with E-state index >= 15 is 0 Å². The number of ether oxygens (including phenoxy) is 3. The van der Waals surface area contributed by atoms with Gasteiger partial charge in [0.05, 0.1) is 19.8 Å². The summed E-state index contributed by atoms with van der Waals surface area (Å²) in [7, 11) is 2.99. The number of para-hydroxylation sites is 1. The first kappa shape index (κ1) is 12.9. The molecule has 1 N–H and O–H groups in total. The maximum absolute atomic E-state index is 10.6. The molecule has 5 nitrogen and oxygen atoms in total. The summed E-state index contributed by atoms with van der Waals surface area (Å²) in [6.07, 6.45) is 1.14. The molecule has 0 aliphatic heterocycles. The molecule has 0 aliphatic carbocycles. The normalized spacial score (nSPS) is 10.9. The highest BCUT2D eigenvalue weighted by Gasteiger charge is 2.11. The van der Waals surface area contributed by atoms with Crippen LogP contribution in [0.2, 0.25) is 0 Å². The monoisotopic (exact) mass is 238 g/mol. The SMILES string of the molecule is COc1cccc(OC)c1O/C=C(\C)C(=O)O. The van der Waals surface area contributed by atoms with Crippen molar-refractivity contribution in [2.75, 3.05) is 14.2 Å². The second-order valence-corrected chi connectivity index (χ2v) is 3.22. The standard InChI is InChI=1S/C12H14O5/c1-8(12(13)14)7-17-11-9(15-2)5-4-6-10(11)16-3/h4-7H,1-3H3,(H,13,14)/b8-7+. The lowest BCUT2D eigenvalue weighted by Gasteiger charge is -2.11. The van der Waals surface area contributed by atoms with E-state index < -0.39 is 5.97 Å². The van der Waals surface area contributed by atoms with Crippen LogP contribution in [0.3, 0.4) is 0 Å². The molecule has 0 bridgehead atoms. The van der Waals surface area contributed by atoms with Crippen LogP contribution in [0.25, 0.3) is 0 Å². The van der Waals surface area contributed by atoms with Gasteiger partial charge in [-0.2, -0.15) is 0 Å². The van der Waals surface area contributed by atoms with Crippen LogP contribution in [0.1, 0.15) is 6.92 Å². The molecule has 0 saturated carbocycles. The Morgan fingerprint density at radius 1 is 1.24 bits per heavy atom. The van der Waals surface area contributed by atoms with E-state index in [-0.39, 0.29) is 5.57 Å². The van der Waals surface area contributed by atoms with Crippen LogP contribution in [0, 0.1) is 0 Å². The first-order chi connectivity index (χ1) is 8.10. The van der Waals surface area contributed by atoms with Gasteiger partial charge in [0.25, 0.3) is 0 Å². The summed E-state index contributed by atoms with van der Waals surface area (Å²) in [5.41, 5.74) is 0.0814. The number of carboxylic acid groups (broad SMARTS) is 1. The Labute approximate surface area is 99.2 Å². The van der Waals surface area contributed by atoms with Crippen molar-refractivity contribution in [3.8, 4) is 17.2 Å². The minimum Gasteiger partial charge on any atom is -0.493 e. The molecule has 0 spiro atoms. The molecule has 0 unspecified atom stereocenters. The second-order valence-electron chi connectivity index (χ2n) is 3.22. The molecule has 0 fully saturated rings. The van der Waals surface area contributed by atoms with Gasteiger partial charge in [-0.25, -0.2) is 4.79 Å². The summed E-state index contributed by atoms with van der Waals surface area (Å²) in [5, 5.41) is 8.70. The smallest absolute Gasteiger partial charge is 0.334 e. The Bertz CT molecular complexity index is 414. The van der Waals surface area contributed by atoms with Gasteiger partial charge in [0.2, 0.25) is 5.75 Å². The number of carbonyl (C=O) groups is 1. The van der Waals surface area contributed by atoms with Crippen molar-refractivity contribution in [1.82, 2.24) is 0 Å². The highest BCUT2D eigenvalue weighted by molar-refractivity contribution is 5.85. The highest BCUT2D eigenvalue weighted by atomic mass is 16.5. The fraction of sp³-hybridized carbons (Fsp3) is 0.250. The van der Waals surface area contributed by atoms with Crippen LogP contribution in [0.5, 0.6) is 17.2 Å². The zero-order valence-electron chi connectivity index (χ0n) is 9.89. The Morgan fingerprint density at radius 3 is 2.18 bits per heavy atom. The lowest BCUT2D eigenvalue weighted by molar-refractivity contribution is -0.132. The molecule has 0 aliphatic rings. The first-order valence-electron chi connectivity index (χ1n) is 4.87. The van der Waals surface area contributed by atoms with E-state index in [1.54, 1.807) is 18.2 Å². The molecule has 0 aromatic heterocycles. The lowest BCUT2D eigenvalue weighted by atomic mass is 10.3. The summed E-state index contributed by atoms with van der Waals surface area (Å²) in [5.74, 6) is 0.245. The number of hydrogen-bond donors (Lipinski definition) is 1. The summed E-state index contributed by atoms with van der Waals surface area (Å²) < 4.78 is 15.5. The maximum Gasteiger partial charge on any atom is 0.334 e. The van der Waals surface area contributed by atoms with Gasteiger partial charge < -0.3 is 19.3 Å². The van der Waals surface area contributed by atoms with Crippen molar-refractivity contribution in [2.45, 2.75) is 6.92 Å². The number of hydrogen-bond acceptors (Lipinski definition) is 4. The molecule has 0 heterocycles. The van der Waals surface area contributed by atoms with Crippen molar-refractivity contribution < 1.29 is 24.1 Å². The third-order valence-electron chi connectivity index (χ3n) is 2.07. The molecule has 0 atom stereocenters. The van der Waals surface area contributed by atoms with Crippen LogP contribution in [0.4, 0.5) is 0 Å². The first-order valence-corrected chi connectivity index (χ1v) is 4.87. The van der Waals surface area contributed by atoms with Crippen molar-refractivity contribution in [1.29, 1.82) is 0 Å². The van der Waals surface area contributed by atoms with Crippen LogP contribution in [0.15, 0.2) is 30.0 Å². The average Bonchev–Trinajstić information content (AvgIpc) is 2.34. The van der Waals surface area contributed by atoms with Crippen LogP contribution < -0.4 is 14.2 Å². The lowest BCUT2D eigenvalue weighted by Crippen LogP contribution is -1.99. The van der Waals surface area contributed by atoms with Crippen molar-refractivity contribution in [3.63, 3.8) is 0 Å². The van der Waals surface area contributed by atoms with E-state index in [0.29, 0.717) is 17.2 Å². The van der Waals surface area contributed by atoms with Gasteiger partial charge in [0.15, 0.2) is 11.5 Å². The Hall–Kier alpha value is -2.17. The molecular formula is C12H14O5. The van der Waals surface area contributed by atoms with Gasteiger partial charge in [-0.1, -0.05) is 6.07 Å². The summed E-state index contributed by atoms with van der Waals surface area (Å²) in [4.78, 5) is 10.6. The zero-order chi connectivity index (χ0) is 12.8. The topological polar surface area (TPSA) is 65.0 Å². The minimum atomic E-state index is -1.04. The van der Waals surface area contributed by atoms with Crippen molar-refractivity contribution in [2.24, 2.45) is 0 Å². The van der Waals surface area contributed by atoms with Gasteiger partial charge in [0.1, 0.15) is 6.26 Å². The minimum absolute atomic E-state index is 0.0814. The van der Waals surface area contributed by atoms with Gasteiger partial charge >= 0.3 is 5.97 Å². The number of benzene rings is 1. The maximum atomic E-state index is 10.6. The predicted octanol–water partition coefficient (Wildman–Crippen LogP) is 2.07. The largest absolute Gasteiger partial charge is 0.493 e. The predicted molar refractivity (Wildman–Crippen MR) is 61.6 cm³/mol. The number of rotatable bonds is 5. The van der Waals surface area contributed by atoms with E-state index in [9.17, 15) is 4.79 Å². The summed E-state index contributed by atoms with van der Waals surface area (Å²) in [6.45, 7) is 1.43. The average molecular weight is 238 g/mol. The third kappa shape index (κ3) is 3.14. The molecule has 92 valence electrons. The number of carboxylic acids is 1. The van der Waals surface area contributed by atoms with Gasteiger partial charge in [-0.15, -0.1) is 0 Å². The van der Waals surface area contributed by atoms with Gasteiger partial charge in [0, 0.05) is 0 Å². The van der Waals surface area contributed by atoms with E-state index in [1.165, 1.54) is 21.1 Å². The molecule has 1 aromatic carbocycles. The van der Waals surface area contributed by atoms with Crippen LogP contribution in [-0.4, -0.2) is 25.3 Å².